The number of hydrogen-bond donors (Lipinski definition) is 2. The van der Waals surface area contributed by atoms with Crippen LogP contribution in [0.15, 0.2) is 18.2 Å². The lowest BCUT2D eigenvalue weighted by Crippen LogP contribution is -2.52. The lowest BCUT2D eigenvalue weighted by Gasteiger charge is -2.31. The first-order valence-electron chi connectivity index (χ1n) is 7.10. The molecule has 0 aromatic heterocycles. The molecule has 0 spiro atoms. The fraction of sp³-hybridized carbons (Fsp3) is 0.533. The molecule has 1 aromatic rings. The van der Waals surface area contributed by atoms with Crippen LogP contribution in [-0.2, 0) is 4.79 Å². The van der Waals surface area contributed by atoms with Gasteiger partial charge in [0.15, 0.2) is 6.10 Å². The number of piperidine rings is 1. The summed E-state index contributed by atoms with van der Waals surface area (Å²) in [6, 6.07) is 3.93. The van der Waals surface area contributed by atoms with Gasteiger partial charge in [0, 0.05) is 12.6 Å². The van der Waals surface area contributed by atoms with Crippen LogP contribution in [-0.4, -0.2) is 31.1 Å². The molecule has 116 valence electrons. The van der Waals surface area contributed by atoms with E-state index in [4.69, 9.17) is 16.3 Å². The average Bonchev–Trinajstić information content (AvgIpc) is 2.44. The van der Waals surface area contributed by atoms with Crippen LogP contribution in [0, 0.1) is 11.7 Å². The van der Waals surface area contributed by atoms with Crippen molar-refractivity contribution in [3.8, 4) is 5.75 Å². The molecule has 6 heteroatoms. The topological polar surface area (TPSA) is 50.4 Å². The SMILES string of the molecule is CC(Oc1ccc(F)cc1Cl)C(=O)NC1CNCCC1C. The zero-order valence-electron chi connectivity index (χ0n) is 12.2. The Labute approximate surface area is 129 Å². The standard InChI is InChI=1S/C15H20ClFN2O2/c1-9-5-6-18-8-13(9)19-15(20)10(2)21-14-4-3-11(17)7-12(14)16/h3-4,7,9-10,13,18H,5-6,8H2,1-2H3,(H,19,20). The van der Waals surface area contributed by atoms with E-state index < -0.39 is 11.9 Å². The Morgan fingerprint density at radius 2 is 2.33 bits per heavy atom. The Balaban J connectivity index is 1.92. The molecular formula is C15H20ClFN2O2. The molecule has 0 saturated carbocycles. The molecular weight excluding hydrogens is 295 g/mol. The molecule has 1 fully saturated rings. The quantitative estimate of drug-likeness (QED) is 0.897. The molecule has 2 N–H and O–H groups in total. The molecule has 1 amide bonds. The summed E-state index contributed by atoms with van der Waals surface area (Å²) in [4.78, 5) is 12.2. The van der Waals surface area contributed by atoms with Crippen LogP contribution in [0.25, 0.3) is 0 Å². The summed E-state index contributed by atoms with van der Waals surface area (Å²) in [6.07, 6.45) is 0.339. The fourth-order valence-corrected chi connectivity index (χ4v) is 2.51. The first kappa shape index (κ1) is 16.0. The molecule has 0 radical (unpaired) electrons. The van der Waals surface area contributed by atoms with Crippen LogP contribution >= 0.6 is 11.6 Å². The highest BCUT2D eigenvalue weighted by atomic mass is 35.5. The van der Waals surface area contributed by atoms with Crippen molar-refractivity contribution in [1.29, 1.82) is 0 Å². The van der Waals surface area contributed by atoms with E-state index in [9.17, 15) is 9.18 Å². The van der Waals surface area contributed by atoms with Gasteiger partial charge in [-0.15, -0.1) is 0 Å². The Hall–Kier alpha value is -1.33. The van der Waals surface area contributed by atoms with Gasteiger partial charge in [0.25, 0.3) is 5.91 Å². The number of benzene rings is 1. The zero-order valence-corrected chi connectivity index (χ0v) is 12.9. The largest absolute Gasteiger partial charge is 0.479 e. The monoisotopic (exact) mass is 314 g/mol. The molecule has 1 saturated heterocycles. The lowest BCUT2D eigenvalue weighted by atomic mass is 9.95. The van der Waals surface area contributed by atoms with Crippen molar-refractivity contribution in [2.75, 3.05) is 13.1 Å². The fourth-order valence-electron chi connectivity index (χ4n) is 2.30. The van der Waals surface area contributed by atoms with Crippen LogP contribution in [0.3, 0.4) is 0 Å². The zero-order chi connectivity index (χ0) is 15.4. The average molecular weight is 315 g/mol. The van der Waals surface area contributed by atoms with Crippen molar-refractivity contribution in [2.45, 2.75) is 32.4 Å². The summed E-state index contributed by atoms with van der Waals surface area (Å²) in [5, 5.41) is 6.39. The highest BCUT2D eigenvalue weighted by Gasteiger charge is 2.25. The van der Waals surface area contributed by atoms with E-state index in [0.717, 1.165) is 25.6 Å². The second-order valence-corrected chi connectivity index (χ2v) is 5.83. The Kier molecular flexibility index (Phi) is 5.42. The molecule has 3 atom stereocenters. The summed E-state index contributed by atoms with van der Waals surface area (Å²) in [6.45, 7) is 5.51. The summed E-state index contributed by atoms with van der Waals surface area (Å²) in [5.41, 5.74) is 0. The molecule has 4 nitrogen and oxygen atoms in total. The lowest BCUT2D eigenvalue weighted by molar-refractivity contribution is -0.128. The number of hydrogen-bond acceptors (Lipinski definition) is 3. The van der Waals surface area contributed by atoms with Gasteiger partial charge in [-0.25, -0.2) is 4.39 Å². The Morgan fingerprint density at radius 3 is 3.00 bits per heavy atom. The van der Waals surface area contributed by atoms with E-state index in [0.29, 0.717) is 11.7 Å². The predicted molar refractivity (Wildman–Crippen MR) is 80.1 cm³/mol. The van der Waals surface area contributed by atoms with Gasteiger partial charge in [0.2, 0.25) is 0 Å². The molecule has 3 unspecified atom stereocenters. The van der Waals surface area contributed by atoms with Crippen molar-refractivity contribution in [1.82, 2.24) is 10.6 Å². The molecule has 1 aliphatic heterocycles. The van der Waals surface area contributed by atoms with Crippen LogP contribution in [0.1, 0.15) is 20.3 Å². The molecule has 0 bridgehead atoms. The number of halogens is 2. The van der Waals surface area contributed by atoms with E-state index in [1.807, 2.05) is 0 Å². The van der Waals surface area contributed by atoms with Crippen molar-refractivity contribution >= 4 is 17.5 Å². The highest BCUT2D eigenvalue weighted by Crippen LogP contribution is 2.25. The minimum Gasteiger partial charge on any atom is -0.479 e. The van der Waals surface area contributed by atoms with Gasteiger partial charge in [0.05, 0.1) is 5.02 Å². The molecule has 2 rings (SSSR count). The van der Waals surface area contributed by atoms with E-state index in [2.05, 4.69) is 17.6 Å². The Bertz CT molecular complexity index is 512. The normalized spacial score (nSPS) is 23.4. The minimum atomic E-state index is -0.693. The third-order valence-corrected chi connectivity index (χ3v) is 4.02. The number of carbonyl (C=O) groups excluding carboxylic acids is 1. The summed E-state index contributed by atoms with van der Waals surface area (Å²) in [7, 11) is 0. The van der Waals surface area contributed by atoms with Gasteiger partial charge in [0.1, 0.15) is 11.6 Å². The van der Waals surface area contributed by atoms with E-state index in [1.165, 1.54) is 12.1 Å². The van der Waals surface area contributed by atoms with Gasteiger partial charge >= 0.3 is 0 Å². The number of ether oxygens (including phenoxy) is 1. The molecule has 1 aliphatic rings. The van der Waals surface area contributed by atoms with Crippen LogP contribution in [0.4, 0.5) is 4.39 Å². The van der Waals surface area contributed by atoms with Crippen LogP contribution in [0.5, 0.6) is 5.75 Å². The van der Waals surface area contributed by atoms with Crippen LogP contribution < -0.4 is 15.4 Å². The highest BCUT2D eigenvalue weighted by molar-refractivity contribution is 6.32. The second-order valence-electron chi connectivity index (χ2n) is 5.42. The summed E-state index contributed by atoms with van der Waals surface area (Å²) >= 11 is 5.89. The minimum absolute atomic E-state index is 0.0981. The number of rotatable bonds is 4. The van der Waals surface area contributed by atoms with Gasteiger partial charge < -0.3 is 15.4 Å². The van der Waals surface area contributed by atoms with Gasteiger partial charge in [-0.05, 0) is 44.0 Å². The third kappa shape index (κ3) is 4.32. The van der Waals surface area contributed by atoms with Crippen molar-refractivity contribution in [2.24, 2.45) is 5.92 Å². The molecule has 0 aliphatic carbocycles. The maximum absolute atomic E-state index is 13.0. The smallest absolute Gasteiger partial charge is 0.261 e. The van der Waals surface area contributed by atoms with Gasteiger partial charge in [-0.2, -0.15) is 0 Å². The first-order chi connectivity index (χ1) is 9.97. The first-order valence-corrected chi connectivity index (χ1v) is 7.48. The van der Waals surface area contributed by atoms with E-state index >= 15 is 0 Å². The molecule has 1 heterocycles. The maximum atomic E-state index is 13.0. The van der Waals surface area contributed by atoms with Crippen molar-refractivity contribution in [3.63, 3.8) is 0 Å². The number of carbonyl (C=O) groups is 1. The molecule has 21 heavy (non-hydrogen) atoms. The van der Waals surface area contributed by atoms with Gasteiger partial charge in [-0.3, -0.25) is 4.79 Å². The number of amides is 1. The third-order valence-electron chi connectivity index (χ3n) is 3.72. The maximum Gasteiger partial charge on any atom is 0.261 e. The molecule has 1 aromatic carbocycles. The van der Waals surface area contributed by atoms with Crippen molar-refractivity contribution < 1.29 is 13.9 Å². The van der Waals surface area contributed by atoms with E-state index in [1.54, 1.807) is 6.92 Å². The Morgan fingerprint density at radius 1 is 1.57 bits per heavy atom. The van der Waals surface area contributed by atoms with Crippen LogP contribution in [0.2, 0.25) is 5.02 Å². The summed E-state index contributed by atoms with van der Waals surface area (Å²) < 4.78 is 18.5. The van der Waals surface area contributed by atoms with Crippen molar-refractivity contribution in [3.05, 3.63) is 29.0 Å². The van der Waals surface area contributed by atoms with E-state index in [-0.39, 0.29) is 17.0 Å². The predicted octanol–water partition coefficient (Wildman–Crippen LogP) is 2.36. The number of nitrogens with one attached hydrogen (secondary N) is 2. The summed E-state index contributed by atoms with van der Waals surface area (Å²) in [5.74, 6) is 0.0924. The second kappa shape index (κ2) is 7.09. The van der Waals surface area contributed by atoms with Gasteiger partial charge in [-0.1, -0.05) is 18.5 Å².